The quantitative estimate of drug-likeness (QED) is 0.673. The molecule has 0 saturated carbocycles. The molecule has 0 fully saturated rings. The smallest absolute Gasteiger partial charge is 0.235 e. The third kappa shape index (κ3) is 2.19. The number of rotatable bonds is 2. The third-order valence-electron chi connectivity index (χ3n) is 4.05. The molecule has 0 atom stereocenters. The van der Waals surface area contributed by atoms with Crippen LogP contribution in [0.3, 0.4) is 0 Å². The predicted octanol–water partition coefficient (Wildman–Crippen LogP) is 4.62. The Balaban J connectivity index is 1.74. The summed E-state index contributed by atoms with van der Waals surface area (Å²) in [5, 5.41) is 2.33. The first-order valence-electron chi connectivity index (χ1n) is 7.38. The number of hydrogen-bond acceptors (Lipinski definition) is 1. The zero-order valence-corrected chi connectivity index (χ0v) is 12.1. The highest BCUT2D eigenvalue weighted by Crippen LogP contribution is 2.31. The van der Waals surface area contributed by atoms with Crippen LogP contribution in [0.2, 0.25) is 0 Å². The van der Waals surface area contributed by atoms with Crippen molar-refractivity contribution in [2.75, 3.05) is 4.90 Å². The zero-order chi connectivity index (χ0) is 14.9. The van der Waals surface area contributed by atoms with Crippen LogP contribution in [0.1, 0.15) is 12.0 Å². The molecule has 2 nitrogen and oxygen atoms in total. The average Bonchev–Trinajstić information content (AvgIpc) is 2.97. The topological polar surface area (TPSA) is 20.3 Å². The van der Waals surface area contributed by atoms with Crippen LogP contribution in [0.5, 0.6) is 0 Å². The van der Waals surface area contributed by atoms with Crippen LogP contribution >= 0.6 is 0 Å². The van der Waals surface area contributed by atoms with Crippen molar-refractivity contribution in [3.8, 4) is 0 Å². The minimum absolute atomic E-state index is 0.120. The van der Waals surface area contributed by atoms with Crippen molar-refractivity contribution in [1.82, 2.24) is 0 Å². The van der Waals surface area contributed by atoms with Crippen LogP contribution in [0.15, 0.2) is 79.0 Å². The molecule has 1 aliphatic heterocycles. The van der Waals surface area contributed by atoms with Gasteiger partial charge in [-0.25, -0.2) is 0 Å². The summed E-state index contributed by atoms with van der Waals surface area (Å²) in [6.07, 6.45) is 2.42. The minimum atomic E-state index is 0.120. The number of fused-ring (bicyclic) bond motifs is 1. The van der Waals surface area contributed by atoms with Gasteiger partial charge < -0.3 is 0 Å². The summed E-state index contributed by atoms with van der Waals surface area (Å²) in [4.78, 5) is 14.1. The Kier molecular flexibility index (Phi) is 3.01. The number of benzene rings is 3. The molecule has 0 aliphatic carbocycles. The maximum atomic E-state index is 12.4. The lowest BCUT2D eigenvalue weighted by Crippen LogP contribution is -2.19. The van der Waals surface area contributed by atoms with Crippen molar-refractivity contribution in [3.63, 3.8) is 0 Å². The van der Waals surface area contributed by atoms with E-state index in [4.69, 9.17) is 0 Å². The molecule has 22 heavy (non-hydrogen) atoms. The van der Waals surface area contributed by atoms with Gasteiger partial charge in [0.2, 0.25) is 5.91 Å². The van der Waals surface area contributed by atoms with Crippen molar-refractivity contribution in [2.24, 2.45) is 0 Å². The van der Waals surface area contributed by atoms with E-state index in [-0.39, 0.29) is 5.91 Å². The van der Waals surface area contributed by atoms with E-state index in [1.165, 1.54) is 5.39 Å². The van der Waals surface area contributed by atoms with E-state index in [0.717, 1.165) is 22.2 Å². The first kappa shape index (κ1) is 12.8. The normalized spacial score (nSPS) is 14.5. The second-order valence-electron chi connectivity index (χ2n) is 5.49. The zero-order valence-electron chi connectivity index (χ0n) is 12.1. The van der Waals surface area contributed by atoms with Gasteiger partial charge in [0.15, 0.2) is 0 Å². The lowest BCUT2D eigenvalue weighted by Gasteiger charge is -2.14. The Morgan fingerprint density at radius 2 is 1.50 bits per heavy atom. The molecule has 3 aromatic carbocycles. The van der Waals surface area contributed by atoms with E-state index in [2.05, 4.69) is 24.3 Å². The Labute approximate surface area is 129 Å². The van der Waals surface area contributed by atoms with Gasteiger partial charge in [-0.1, -0.05) is 60.7 Å². The molecule has 0 aromatic heterocycles. The number of carbonyl (C=O) groups is 1. The molecule has 3 aromatic rings. The van der Waals surface area contributed by atoms with Crippen molar-refractivity contribution >= 4 is 27.9 Å². The molecule has 2 heteroatoms. The Morgan fingerprint density at radius 3 is 2.32 bits per heavy atom. The van der Waals surface area contributed by atoms with Gasteiger partial charge >= 0.3 is 0 Å². The molecule has 0 spiro atoms. The lowest BCUT2D eigenvalue weighted by atomic mass is 10.1. The summed E-state index contributed by atoms with van der Waals surface area (Å²) in [6, 6.07) is 24.4. The monoisotopic (exact) mass is 285 g/mol. The maximum Gasteiger partial charge on any atom is 0.235 e. The summed E-state index contributed by atoms with van der Waals surface area (Å²) < 4.78 is 0. The molecule has 1 heterocycles. The molecule has 106 valence electrons. The standard InChI is InChI=1S/C20H15NO/c22-20-13-18(15-6-2-1-3-7-15)14-21(20)19-11-10-16-8-4-5-9-17(16)12-19/h1-12,14H,13H2. The second-order valence-corrected chi connectivity index (χ2v) is 5.49. The fraction of sp³-hybridized carbons (Fsp3) is 0.0500. The van der Waals surface area contributed by atoms with Gasteiger partial charge in [-0.05, 0) is 34.0 Å². The van der Waals surface area contributed by atoms with Gasteiger partial charge in [0.1, 0.15) is 0 Å². The number of hydrogen-bond donors (Lipinski definition) is 0. The predicted molar refractivity (Wildman–Crippen MR) is 90.5 cm³/mol. The first-order valence-corrected chi connectivity index (χ1v) is 7.38. The number of amides is 1. The Hall–Kier alpha value is -2.87. The Bertz CT molecular complexity index is 880. The minimum Gasteiger partial charge on any atom is -0.287 e. The third-order valence-corrected chi connectivity index (χ3v) is 4.05. The molecule has 0 saturated heterocycles. The molecular weight excluding hydrogens is 270 g/mol. The highest BCUT2D eigenvalue weighted by Gasteiger charge is 2.23. The fourth-order valence-electron chi connectivity index (χ4n) is 2.90. The molecule has 0 radical (unpaired) electrons. The molecule has 1 amide bonds. The molecular formula is C20H15NO. The van der Waals surface area contributed by atoms with Crippen molar-refractivity contribution in [2.45, 2.75) is 6.42 Å². The van der Waals surface area contributed by atoms with Crippen LogP contribution in [0.4, 0.5) is 5.69 Å². The van der Waals surface area contributed by atoms with Crippen LogP contribution in [0, 0.1) is 0 Å². The summed E-state index contributed by atoms with van der Waals surface area (Å²) in [7, 11) is 0. The second kappa shape index (κ2) is 5.15. The maximum absolute atomic E-state index is 12.4. The largest absolute Gasteiger partial charge is 0.287 e. The van der Waals surface area contributed by atoms with Crippen LogP contribution < -0.4 is 4.90 Å². The molecule has 4 rings (SSSR count). The SMILES string of the molecule is O=C1CC(c2ccccc2)=CN1c1ccc2ccccc2c1. The van der Waals surface area contributed by atoms with Gasteiger partial charge in [-0.2, -0.15) is 0 Å². The van der Waals surface area contributed by atoms with E-state index in [0.29, 0.717) is 6.42 Å². The summed E-state index contributed by atoms with van der Waals surface area (Å²) >= 11 is 0. The van der Waals surface area contributed by atoms with Crippen molar-refractivity contribution < 1.29 is 4.79 Å². The van der Waals surface area contributed by atoms with Crippen LogP contribution in [-0.4, -0.2) is 5.91 Å². The van der Waals surface area contributed by atoms with Gasteiger partial charge in [0.25, 0.3) is 0 Å². The van der Waals surface area contributed by atoms with Gasteiger partial charge in [0, 0.05) is 11.9 Å². The van der Waals surface area contributed by atoms with Crippen LogP contribution in [0.25, 0.3) is 16.3 Å². The summed E-state index contributed by atoms with van der Waals surface area (Å²) in [6.45, 7) is 0. The van der Waals surface area contributed by atoms with Crippen molar-refractivity contribution in [3.05, 3.63) is 84.6 Å². The van der Waals surface area contributed by atoms with Crippen LogP contribution in [-0.2, 0) is 4.79 Å². The lowest BCUT2D eigenvalue weighted by molar-refractivity contribution is -0.116. The van der Waals surface area contributed by atoms with Gasteiger partial charge in [-0.3, -0.25) is 9.69 Å². The van der Waals surface area contributed by atoms with E-state index < -0.39 is 0 Å². The van der Waals surface area contributed by atoms with Crippen molar-refractivity contribution in [1.29, 1.82) is 0 Å². The number of carbonyl (C=O) groups excluding carboxylic acids is 1. The fourth-order valence-corrected chi connectivity index (χ4v) is 2.90. The molecule has 1 aliphatic rings. The first-order chi connectivity index (χ1) is 10.8. The highest BCUT2D eigenvalue weighted by molar-refractivity contribution is 6.08. The number of nitrogens with zero attached hydrogens (tertiary/aromatic N) is 1. The van der Waals surface area contributed by atoms with Gasteiger partial charge in [0.05, 0.1) is 6.42 Å². The molecule has 0 bridgehead atoms. The average molecular weight is 285 g/mol. The summed E-state index contributed by atoms with van der Waals surface area (Å²) in [5.41, 5.74) is 3.10. The molecule has 0 N–H and O–H groups in total. The van der Waals surface area contributed by atoms with E-state index in [1.807, 2.05) is 54.7 Å². The number of anilines is 1. The molecule has 0 unspecified atom stereocenters. The highest BCUT2D eigenvalue weighted by atomic mass is 16.2. The summed E-state index contributed by atoms with van der Waals surface area (Å²) in [5.74, 6) is 0.120. The van der Waals surface area contributed by atoms with E-state index in [1.54, 1.807) is 4.90 Å². The van der Waals surface area contributed by atoms with Gasteiger partial charge in [-0.15, -0.1) is 0 Å². The van der Waals surface area contributed by atoms with E-state index in [9.17, 15) is 4.79 Å². The Morgan fingerprint density at radius 1 is 0.773 bits per heavy atom. The van der Waals surface area contributed by atoms with E-state index >= 15 is 0 Å².